The van der Waals surface area contributed by atoms with Crippen LogP contribution < -0.4 is 5.32 Å². The third kappa shape index (κ3) is 4.05. The highest BCUT2D eigenvalue weighted by atomic mass is 32.1. The molecule has 0 spiro atoms. The minimum Gasteiger partial charge on any atom is -0.368 e. The first-order chi connectivity index (χ1) is 8.24. The molecule has 1 aromatic heterocycles. The second-order valence-corrected chi connectivity index (χ2v) is 5.33. The highest BCUT2D eigenvalue weighted by molar-refractivity contribution is 7.13. The molecule has 0 saturated heterocycles. The average Bonchev–Trinajstić information content (AvgIpc) is 2.79. The Morgan fingerprint density at radius 3 is 3.24 bits per heavy atom. The minimum absolute atomic E-state index is 0.108. The number of nitrogens with zero attached hydrogens (tertiary/aromatic N) is 2. The predicted molar refractivity (Wildman–Crippen MR) is 65.9 cm³/mol. The lowest BCUT2D eigenvalue weighted by Crippen LogP contribution is -2.26. The molecule has 1 aliphatic rings. The van der Waals surface area contributed by atoms with Gasteiger partial charge in [0.1, 0.15) is 12.1 Å². The SMILES string of the molecule is CC1CCCC(OCC(=O)Nc2nncs2)C1. The Kier molecular flexibility index (Phi) is 4.44. The molecule has 1 aliphatic carbocycles. The van der Waals surface area contributed by atoms with Crippen LogP contribution in [0.25, 0.3) is 0 Å². The molecule has 94 valence electrons. The number of rotatable bonds is 4. The first-order valence-corrected chi connectivity index (χ1v) is 6.79. The van der Waals surface area contributed by atoms with E-state index in [1.165, 1.54) is 24.2 Å². The van der Waals surface area contributed by atoms with Gasteiger partial charge in [0.05, 0.1) is 6.10 Å². The van der Waals surface area contributed by atoms with Gasteiger partial charge in [0.25, 0.3) is 5.91 Å². The summed E-state index contributed by atoms with van der Waals surface area (Å²) >= 11 is 1.30. The van der Waals surface area contributed by atoms with Crippen molar-refractivity contribution >= 4 is 22.4 Å². The number of ether oxygens (including phenoxy) is 1. The van der Waals surface area contributed by atoms with Gasteiger partial charge in [-0.3, -0.25) is 10.1 Å². The monoisotopic (exact) mass is 255 g/mol. The summed E-state index contributed by atoms with van der Waals surface area (Å²) in [6.07, 6.45) is 4.84. The maximum atomic E-state index is 11.5. The van der Waals surface area contributed by atoms with Crippen molar-refractivity contribution in [2.45, 2.75) is 38.7 Å². The lowest BCUT2D eigenvalue weighted by Gasteiger charge is -2.26. The van der Waals surface area contributed by atoms with Gasteiger partial charge >= 0.3 is 0 Å². The van der Waals surface area contributed by atoms with Gasteiger partial charge in [-0.15, -0.1) is 10.2 Å². The number of hydrogen-bond donors (Lipinski definition) is 1. The maximum Gasteiger partial charge on any atom is 0.252 e. The molecule has 0 bridgehead atoms. The van der Waals surface area contributed by atoms with E-state index < -0.39 is 0 Å². The molecule has 1 heterocycles. The van der Waals surface area contributed by atoms with Crippen molar-refractivity contribution in [2.24, 2.45) is 5.92 Å². The topological polar surface area (TPSA) is 64.1 Å². The first kappa shape index (κ1) is 12.4. The summed E-state index contributed by atoms with van der Waals surface area (Å²) in [6, 6.07) is 0. The van der Waals surface area contributed by atoms with Crippen LogP contribution in [0.5, 0.6) is 0 Å². The highest BCUT2D eigenvalue weighted by Gasteiger charge is 2.20. The zero-order chi connectivity index (χ0) is 12.1. The maximum absolute atomic E-state index is 11.5. The normalized spacial score (nSPS) is 24.5. The van der Waals surface area contributed by atoms with E-state index in [1.807, 2.05) is 0 Å². The third-order valence-electron chi connectivity index (χ3n) is 2.94. The highest BCUT2D eigenvalue weighted by Crippen LogP contribution is 2.25. The van der Waals surface area contributed by atoms with E-state index in [2.05, 4.69) is 22.4 Å². The van der Waals surface area contributed by atoms with E-state index in [0.717, 1.165) is 12.8 Å². The standard InChI is InChI=1S/C11H17N3O2S/c1-8-3-2-4-9(5-8)16-6-10(15)13-11-14-12-7-17-11/h7-9H,2-6H2,1H3,(H,13,14,15). The van der Waals surface area contributed by atoms with Crippen LogP contribution in [-0.4, -0.2) is 28.8 Å². The number of nitrogens with one attached hydrogen (secondary N) is 1. The van der Waals surface area contributed by atoms with Crippen LogP contribution in [0.3, 0.4) is 0 Å². The summed E-state index contributed by atoms with van der Waals surface area (Å²) in [5.41, 5.74) is 1.58. The second kappa shape index (κ2) is 6.07. The van der Waals surface area contributed by atoms with Gasteiger partial charge in [-0.2, -0.15) is 0 Å². The summed E-state index contributed by atoms with van der Waals surface area (Å²) < 4.78 is 5.61. The Balaban J connectivity index is 1.69. The fourth-order valence-corrected chi connectivity index (χ4v) is 2.57. The Hall–Kier alpha value is -1.01. The van der Waals surface area contributed by atoms with Gasteiger partial charge < -0.3 is 4.74 Å². The van der Waals surface area contributed by atoms with Gasteiger partial charge in [0, 0.05) is 0 Å². The smallest absolute Gasteiger partial charge is 0.252 e. The summed E-state index contributed by atoms with van der Waals surface area (Å²) in [6.45, 7) is 2.34. The molecule has 17 heavy (non-hydrogen) atoms. The van der Waals surface area contributed by atoms with Crippen molar-refractivity contribution in [2.75, 3.05) is 11.9 Å². The van der Waals surface area contributed by atoms with E-state index in [1.54, 1.807) is 5.51 Å². The van der Waals surface area contributed by atoms with Crippen molar-refractivity contribution in [3.8, 4) is 0 Å². The van der Waals surface area contributed by atoms with Crippen LogP contribution in [0, 0.1) is 5.92 Å². The molecule has 0 aliphatic heterocycles. The van der Waals surface area contributed by atoms with Gasteiger partial charge in [-0.1, -0.05) is 31.1 Å². The minimum atomic E-state index is -0.153. The molecule has 1 N–H and O–H groups in total. The number of carbonyl (C=O) groups excluding carboxylic acids is 1. The van der Waals surface area contributed by atoms with Gasteiger partial charge in [-0.05, 0) is 18.8 Å². The second-order valence-electron chi connectivity index (χ2n) is 4.50. The quantitative estimate of drug-likeness (QED) is 0.894. The lowest BCUT2D eigenvalue weighted by atomic mass is 9.89. The van der Waals surface area contributed by atoms with Crippen LogP contribution in [-0.2, 0) is 9.53 Å². The number of anilines is 1. The Bertz CT molecular complexity index is 356. The number of amides is 1. The molecule has 2 unspecified atom stereocenters. The van der Waals surface area contributed by atoms with Crippen LogP contribution in [0.1, 0.15) is 32.6 Å². The number of hydrogen-bond acceptors (Lipinski definition) is 5. The van der Waals surface area contributed by atoms with Crippen LogP contribution in [0.2, 0.25) is 0 Å². The molecular formula is C11H17N3O2S. The number of aromatic nitrogens is 2. The zero-order valence-electron chi connectivity index (χ0n) is 9.89. The lowest BCUT2D eigenvalue weighted by molar-refractivity contribution is -0.123. The molecule has 6 heteroatoms. The van der Waals surface area contributed by atoms with Crippen LogP contribution in [0.4, 0.5) is 5.13 Å². The van der Waals surface area contributed by atoms with Crippen molar-refractivity contribution in [3.05, 3.63) is 5.51 Å². The van der Waals surface area contributed by atoms with Crippen molar-refractivity contribution < 1.29 is 9.53 Å². The number of carbonyl (C=O) groups is 1. The van der Waals surface area contributed by atoms with E-state index in [-0.39, 0.29) is 18.6 Å². The zero-order valence-corrected chi connectivity index (χ0v) is 10.7. The molecule has 0 aromatic carbocycles. The molecular weight excluding hydrogens is 238 g/mol. The fourth-order valence-electron chi connectivity index (χ4n) is 2.11. The van der Waals surface area contributed by atoms with Crippen molar-refractivity contribution in [3.63, 3.8) is 0 Å². The molecule has 1 fully saturated rings. The largest absolute Gasteiger partial charge is 0.368 e. The van der Waals surface area contributed by atoms with E-state index in [9.17, 15) is 4.79 Å². The molecule has 2 rings (SSSR count). The third-order valence-corrected chi connectivity index (χ3v) is 3.55. The van der Waals surface area contributed by atoms with Crippen molar-refractivity contribution in [1.82, 2.24) is 10.2 Å². The molecule has 1 amide bonds. The van der Waals surface area contributed by atoms with E-state index in [0.29, 0.717) is 11.0 Å². The molecule has 1 aromatic rings. The Morgan fingerprint density at radius 2 is 2.53 bits per heavy atom. The first-order valence-electron chi connectivity index (χ1n) is 5.91. The molecule has 5 nitrogen and oxygen atoms in total. The van der Waals surface area contributed by atoms with Crippen LogP contribution in [0.15, 0.2) is 5.51 Å². The summed E-state index contributed by atoms with van der Waals surface area (Å²) in [5.74, 6) is 0.556. The summed E-state index contributed by atoms with van der Waals surface area (Å²) in [5, 5.41) is 10.6. The Morgan fingerprint density at radius 1 is 1.65 bits per heavy atom. The Labute approximate surface area is 105 Å². The van der Waals surface area contributed by atoms with Gasteiger partial charge in [0.2, 0.25) is 5.13 Å². The average molecular weight is 255 g/mol. The van der Waals surface area contributed by atoms with Crippen molar-refractivity contribution in [1.29, 1.82) is 0 Å². The van der Waals surface area contributed by atoms with E-state index in [4.69, 9.17) is 4.74 Å². The molecule has 2 atom stereocenters. The summed E-state index contributed by atoms with van der Waals surface area (Å²) in [4.78, 5) is 11.5. The van der Waals surface area contributed by atoms with E-state index >= 15 is 0 Å². The summed E-state index contributed by atoms with van der Waals surface area (Å²) in [7, 11) is 0. The predicted octanol–water partition coefficient (Wildman–Crippen LogP) is 2.07. The molecule has 0 radical (unpaired) electrons. The van der Waals surface area contributed by atoms with Gasteiger partial charge in [0.15, 0.2) is 0 Å². The fraction of sp³-hybridized carbons (Fsp3) is 0.727. The van der Waals surface area contributed by atoms with Gasteiger partial charge in [-0.25, -0.2) is 0 Å². The molecule has 1 saturated carbocycles. The van der Waals surface area contributed by atoms with Crippen LogP contribution >= 0.6 is 11.3 Å².